The smallest absolute Gasteiger partial charge is 0.416 e. The molecule has 31 heavy (non-hydrogen) atoms. The minimum Gasteiger partial charge on any atom is -0.484 e. The van der Waals surface area contributed by atoms with Gasteiger partial charge in [-0.25, -0.2) is 4.39 Å². The van der Waals surface area contributed by atoms with Crippen LogP contribution in [0.1, 0.15) is 24.1 Å². The highest BCUT2D eigenvalue weighted by molar-refractivity contribution is 5.78. The van der Waals surface area contributed by atoms with Crippen molar-refractivity contribution < 1.29 is 27.1 Å². The molecule has 1 N–H and O–H groups in total. The van der Waals surface area contributed by atoms with Crippen molar-refractivity contribution in [1.29, 1.82) is 0 Å². The van der Waals surface area contributed by atoms with E-state index in [1.165, 1.54) is 12.1 Å². The predicted octanol–water partition coefficient (Wildman–Crippen LogP) is 3.85. The number of hydrogen-bond acceptors (Lipinski definition) is 4. The summed E-state index contributed by atoms with van der Waals surface area (Å²) in [6.07, 6.45) is -4.43. The quantitative estimate of drug-likeness (QED) is 0.695. The second kappa shape index (κ2) is 9.55. The molecule has 1 aliphatic rings. The van der Waals surface area contributed by atoms with Gasteiger partial charge in [0.1, 0.15) is 11.6 Å². The molecule has 0 radical (unpaired) electrons. The van der Waals surface area contributed by atoms with Crippen LogP contribution in [0.2, 0.25) is 0 Å². The van der Waals surface area contributed by atoms with E-state index >= 15 is 0 Å². The molecule has 1 unspecified atom stereocenters. The summed E-state index contributed by atoms with van der Waals surface area (Å²) in [4.78, 5) is 16.7. The van der Waals surface area contributed by atoms with Gasteiger partial charge in [-0.15, -0.1) is 0 Å². The minimum atomic E-state index is -4.43. The summed E-state index contributed by atoms with van der Waals surface area (Å²) in [5.74, 6) is -0.698. The van der Waals surface area contributed by atoms with E-state index in [0.717, 1.165) is 56.1 Å². The average molecular weight is 439 g/mol. The molecule has 0 bridgehead atoms. The van der Waals surface area contributed by atoms with Crippen LogP contribution in [-0.2, 0) is 11.0 Å². The predicted molar refractivity (Wildman–Crippen MR) is 110 cm³/mol. The average Bonchev–Trinajstić information content (AvgIpc) is 2.72. The fraction of sp³-hybridized carbons (Fsp3) is 0.409. The highest BCUT2D eigenvalue weighted by Crippen LogP contribution is 2.30. The van der Waals surface area contributed by atoms with Gasteiger partial charge in [-0.05, 0) is 56.4 Å². The maximum atomic E-state index is 13.9. The van der Waals surface area contributed by atoms with Crippen molar-refractivity contribution in [2.24, 2.45) is 0 Å². The van der Waals surface area contributed by atoms with Gasteiger partial charge in [-0.1, -0.05) is 0 Å². The molecule has 5 nitrogen and oxygen atoms in total. The summed E-state index contributed by atoms with van der Waals surface area (Å²) >= 11 is 0. The van der Waals surface area contributed by atoms with Crippen LogP contribution in [0.4, 0.5) is 23.2 Å². The second-order valence-corrected chi connectivity index (χ2v) is 7.59. The summed E-state index contributed by atoms with van der Waals surface area (Å²) in [5.41, 5.74) is 0.735. The summed E-state index contributed by atoms with van der Waals surface area (Å²) in [7, 11) is 2.04. The van der Waals surface area contributed by atoms with E-state index in [-0.39, 0.29) is 12.4 Å². The molecule has 2 aromatic rings. The van der Waals surface area contributed by atoms with Gasteiger partial charge in [-0.3, -0.25) is 4.79 Å². The van der Waals surface area contributed by atoms with Crippen LogP contribution in [0.15, 0.2) is 42.5 Å². The Kier molecular flexibility index (Phi) is 7.04. The van der Waals surface area contributed by atoms with E-state index in [0.29, 0.717) is 5.56 Å². The van der Waals surface area contributed by atoms with Crippen molar-refractivity contribution in [1.82, 2.24) is 10.2 Å². The topological polar surface area (TPSA) is 44.8 Å². The number of alkyl halides is 3. The number of nitrogens with one attached hydrogen (secondary N) is 1. The van der Waals surface area contributed by atoms with Crippen molar-refractivity contribution in [2.45, 2.75) is 19.1 Å². The van der Waals surface area contributed by atoms with Crippen molar-refractivity contribution in [2.75, 3.05) is 44.7 Å². The first-order valence-electron chi connectivity index (χ1n) is 9.96. The number of ether oxygens (including phenoxy) is 1. The Hall–Kier alpha value is -2.81. The zero-order chi connectivity index (χ0) is 22.6. The third kappa shape index (κ3) is 6.10. The first kappa shape index (κ1) is 22.9. The Bertz CT molecular complexity index is 895. The number of likely N-dealkylation sites (N-methyl/N-ethyl adjacent to an activating group) is 1. The Morgan fingerprint density at radius 1 is 1.10 bits per heavy atom. The molecule has 1 heterocycles. The van der Waals surface area contributed by atoms with Crippen LogP contribution in [0.25, 0.3) is 0 Å². The lowest BCUT2D eigenvalue weighted by Crippen LogP contribution is -2.45. The number of piperazine rings is 1. The van der Waals surface area contributed by atoms with Crippen LogP contribution < -0.4 is 15.0 Å². The van der Waals surface area contributed by atoms with E-state index < -0.39 is 29.5 Å². The summed E-state index contributed by atoms with van der Waals surface area (Å²) < 4.78 is 57.0. The van der Waals surface area contributed by atoms with Crippen LogP contribution >= 0.6 is 0 Å². The highest BCUT2D eigenvalue weighted by atomic mass is 19.4. The third-order valence-electron chi connectivity index (χ3n) is 5.23. The highest BCUT2D eigenvalue weighted by Gasteiger charge is 2.30. The first-order valence-corrected chi connectivity index (χ1v) is 9.96. The Morgan fingerprint density at radius 3 is 2.35 bits per heavy atom. The maximum Gasteiger partial charge on any atom is 0.416 e. The molecule has 1 saturated heterocycles. The fourth-order valence-corrected chi connectivity index (χ4v) is 3.46. The van der Waals surface area contributed by atoms with E-state index in [1.54, 1.807) is 13.0 Å². The van der Waals surface area contributed by atoms with E-state index in [9.17, 15) is 22.4 Å². The first-order chi connectivity index (χ1) is 14.6. The number of amides is 1. The molecular weight excluding hydrogens is 414 g/mol. The zero-order valence-corrected chi connectivity index (χ0v) is 17.4. The Balaban J connectivity index is 1.61. The molecule has 168 valence electrons. The number of anilines is 1. The molecule has 0 aromatic heterocycles. The van der Waals surface area contributed by atoms with Crippen molar-refractivity contribution >= 4 is 11.6 Å². The molecule has 0 spiro atoms. The number of carbonyl (C=O) groups is 1. The molecule has 2 aromatic carbocycles. The Labute approximate surface area is 178 Å². The van der Waals surface area contributed by atoms with Crippen LogP contribution in [0.5, 0.6) is 5.75 Å². The fourth-order valence-electron chi connectivity index (χ4n) is 3.46. The molecule has 0 saturated carbocycles. The summed E-state index contributed by atoms with van der Waals surface area (Å²) in [6, 6.07) is 8.17. The lowest BCUT2D eigenvalue weighted by Gasteiger charge is -2.36. The van der Waals surface area contributed by atoms with Crippen molar-refractivity contribution in [3.63, 3.8) is 0 Å². The van der Waals surface area contributed by atoms with Gasteiger partial charge >= 0.3 is 6.18 Å². The van der Waals surface area contributed by atoms with Gasteiger partial charge in [0.2, 0.25) is 0 Å². The zero-order valence-electron chi connectivity index (χ0n) is 17.4. The summed E-state index contributed by atoms with van der Waals surface area (Å²) in [6.45, 7) is 4.76. The number of halogens is 4. The lowest BCUT2D eigenvalue weighted by molar-refractivity contribution is -0.137. The minimum absolute atomic E-state index is 0.152. The van der Waals surface area contributed by atoms with E-state index in [2.05, 4.69) is 15.1 Å². The molecule has 0 aliphatic carbocycles. The molecule has 1 aliphatic heterocycles. The van der Waals surface area contributed by atoms with Crippen LogP contribution in [0, 0.1) is 5.82 Å². The molecule has 1 amide bonds. The molecule has 1 fully saturated rings. The third-order valence-corrected chi connectivity index (χ3v) is 5.23. The van der Waals surface area contributed by atoms with Gasteiger partial charge in [0.25, 0.3) is 5.91 Å². The summed E-state index contributed by atoms with van der Waals surface area (Å²) in [5, 5.41) is 2.77. The lowest BCUT2D eigenvalue weighted by atomic mass is 10.0. The van der Waals surface area contributed by atoms with Gasteiger partial charge in [-0.2, -0.15) is 13.2 Å². The normalized spacial score (nSPS) is 16.1. The van der Waals surface area contributed by atoms with Crippen LogP contribution in [0.3, 0.4) is 0 Å². The monoisotopic (exact) mass is 439 g/mol. The van der Waals surface area contributed by atoms with Crippen LogP contribution in [-0.4, -0.2) is 50.6 Å². The number of benzene rings is 2. The largest absolute Gasteiger partial charge is 0.484 e. The van der Waals surface area contributed by atoms with Gasteiger partial charge in [0.15, 0.2) is 6.61 Å². The maximum absolute atomic E-state index is 13.9. The molecule has 1 atom stereocenters. The SMILES string of the molecule is CC(NC(=O)COc1ccc(C(F)(F)F)cc1)c1cc(F)ccc1N1CCN(C)CC1. The van der Waals surface area contributed by atoms with Gasteiger partial charge in [0, 0.05) is 37.4 Å². The van der Waals surface area contributed by atoms with Crippen molar-refractivity contribution in [3.05, 3.63) is 59.4 Å². The van der Waals surface area contributed by atoms with Gasteiger partial charge < -0.3 is 19.9 Å². The number of nitrogens with zero attached hydrogens (tertiary/aromatic N) is 2. The standard InChI is InChI=1S/C22H25F4N3O2/c1-15(19-13-17(23)5-8-20(19)29-11-9-28(2)10-12-29)27-21(30)14-31-18-6-3-16(4-7-18)22(24,25)26/h3-8,13,15H,9-12,14H2,1-2H3,(H,27,30). The molecule has 3 rings (SSSR count). The number of rotatable bonds is 6. The number of carbonyl (C=O) groups excluding carboxylic acids is 1. The number of hydrogen-bond donors (Lipinski definition) is 1. The van der Waals surface area contributed by atoms with Gasteiger partial charge in [0.05, 0.1) is 11.6 Å². The van der Waals surface area contributed by atoms with E-state index in [1.807, 2.05) is 7.05 Å². The van der Waals surface area contributed by atoms with E-state index in [4.69, 9.17) is 4.74 Å². The van der Waals surface area contributed by atoms with Crippen molar-refractivity contribution in [3.8, 4) is 5.75 Å². The Morgan fingerprint density at radius 2 is 1.74 bits per heavy atom. The molecule has 9 heteroatoms. The second-order valence-electron chi connectivity index (χ2n) is 7.59. The molecular formula is C22H25F4N3O2.